The molecule has 0 N–H and O–H groups in total. The lowest BCUT2D eigenvalue weighted by Gasteiger charge is -2.25. The molecule has 0 bridgehead atoms. The predicted octanol–water partition coefficient (Wildman–Crippen LogP) is 2.91. The van der Waals surface area contributed by atoms with Gasteiger partial charge in [0.2, 0.25) is 0 Å². The minimum absolute atomic E-state index is 0.0646. The van der Waals surface area contributed by atoms with Gasteiger partial charge in [-0.25, -0.2) is 4.98 Å². The van der Waals surface area contributed by atoms with Crippen molar-refractivity contribution < 1.29 is 9.21 Å². The van der Waals surface area contributed by atoms with Crippen molar-refractivity contribution in [3.8, 4) is 0 Å². The average Bonchev–Trinajstić information content (AvgIpc) is 2.94. The van der Waals surface area contributed by atoms with E-state index in [1.807, 2.05) is 18.2 Å². The number of benzene rings is 1. The zero-order chi connectivity index (χ0) is 13.9. The highest BCUT2D eigenvalue weighted by Crippen LogP contribution is 2.22. The molecule has 1 aromatic carbocycles. The highest BCUT2D eigenvalue weighted by atomic mass is 16.3. The molecule has 1 aromatic heterocycles. The number of rotatable bonds is 2. The molecule has 0 saturated heterocycles. The zero-order valence-corrected chi connectivity index (χ0v) is 11.4. The number of nitrogens with zero attached hydrogens (tertiary/aromatic N) is 2. The SMILES string of the molecule is Cc1nc(C(=O)N2CC=C(c3ccccc3)CC2)co1. The van der Waals surface area contributed by atoms with E-state index in [0.717, 1.165) is 6.42 Å². The Morgan fingerprint density at radius 3 is 2.70 bits per heavy atom. The van der Waals surface area contributed by atoms with Crippen LogP contribution in [0, 0.1) is 6.92 Å². The lowest BCUT2D eigenvalue weighted by Crippen LogP contribution is -2.34. The minimum atomic E-state index is -0.0646. The van der Waals surface area contributed by atoms with Gasteiger partial charge in [-0.3, -0.25) is 4.79 Å². The molecule has 20 heavy (non-hydrogen) atoms. The normalized spacial score (nSPS) is 15.1. The van der Waals surface area contributed by atoms with E-state index in [-0.39, 0.29) is 5.91 Å². The summed E-state index contributed by atoms with van der Waals surface area (Å²) in [7, 11) is 0. The molecule has 0 saturated carbocycles. The summed E-state index contributed by atoms with van der Waals surface area (Å²) in [5.41, 5.74) is 2.92. The van der Waals surface area contributed by atoms with Crippen LogP contribution in [0.5, 0.6) is 0 Å². The van der Waals surface area contributed by atoms with Gasteiger partial charge in [0, 0.05) is 20.0 Å². The van der Waals surface area contributed by atoms with E-state index < -0.39 is 0 Å². The lowest BCUT2D eigenvalue weighted by atomic mass is 9.99. The molecule has 4 nitrogen and oxygen atoms in total. The summed E-state index contributed by atoms with van der Waals surface area (Å²) in [6.45, 7) is 3.07. The van der Waals surface area contributed by atoms with Crippen LogP contribution in [0.1, 0.15) is 28.4 Å². The maximum atomic E-state index is 12.2. The molecular formula is C16H16N2O2. The maximum absolute atomic E-state index is 12.2. The monoisotopic (exact) mass is 268 g/mol. The Balaban J connectivity index is 1.72. The molecule has 0 spiro atoms. The van der Waals surface area contributed by atoms with E-state index in [0.29, 0.717) is 24.7 Å². The largest absolute Gasteiger partial charge is 0.448 e. The molecule has 0 radical (unpaired) electrons. The van der Waals surface area contributed by atoms with Crippen LogP contribution >= 0.6 is 0 Å². The van der Waals surface area contributed by atoms with Crippen LogP contribution in [0.2, 0.25) is 0 Å². The first-order chi connectivity index (χ1) is 9.74. The van der Waals surface area contributed by atoms with Crippen molar-refractivity contribution in [2.24, 2.45) is 0 Å². The van der Waals surface area contributed by atoms with Gasteiger partial charge in [0.05, 0.1) is 0 Å². The number of oxazole rings is 1. The second-order valence-electron chi connectivity index (χ2n) is 4.85. The number of carbonyl (C=O) groups is 1. The Morgan fingerprint density at radius 2 is 2.10 bits per heavy atom. The molecule has 4 heteroatoms. The van der Waals surface area contributed by atoms with Crippen molar-refractivity contribution in [2.75, 3.05) is 13.1 Å². The minimum Gasteiger partial charge on any atom is -0.448 e. The Morgan fingerprint density at radius 1 is 1.30 bits per heavy atom. The van der Waals surface area contributed by atoms with Gasteiger partial charge >= 0.3 is 0 Å². The number of amides is 1. The molecule has 0 aliphatic carbocycles. The Hall–Kier alpha value is -2.36. The van der Waals surface area contributed by atoms with E-state index in [9.17, 15) is 4.79 Å². The van der Waals surface area contributed by atoms with Crippen molar-refractivity contribution in [3.05, 3.63) is 59.8 Å². The predicted molar refractivity (Wildman–Crippen MR) is 76.2 cm³/mol. The van der Waals surface area contributed by atoms with E-state index >= 15 is 0 Å². The van der Waals surface area contributed by atoms with E-state index in [1.165, 1.54) is 17.4 Å². The van der Waals surface area contributed by atoms with Gasteiger partial charge in [0.25, 0.3) is 5.91 Å². The molecule has 102 valence electrons. The smallest absolute Gasteiger partial charge is 0.276 e. The lowest BCUT2D eigenvalue weighted by molar-refractivity contribution is 0.0767. The van der Waals surface area contributed by atoms with Gasteiger partial charge in [-0.1, -0.05) is 36.4 Å². The average molecular weight is 268 g/mol. The fourth-order valence-electron chi connectivity index (χ4n) is 2.39. The summed E-state index contributed by atoms with van der Waals surface area (Å²) in [5.74, 6) is 0.455. The number of aromatic nitrogens is 1. The summed E-state index contributed by atoms with van der Waals surface area (Å²) in [6.07, 6.45) is 4.41. The van der Waals surface area contributed by atoms with E-state index in [2.05, 4.69) is 23.2 Å². The topological polar surface area (TPSA) is 46.3 Å². The van der Waals surface area contributed by atoms with E-state index in [1.54, 1.807) is 11.8 Å². The van der Waals surface area contributed by atoms with E-state index in [4.69, 9.17) is 4.42 Å². The molecule has 0 fully saturated rings. The maximum Gasteiger partial charge on any atom is 0.276 e. The Kier molecular flexibility index (Phi) is 3.37. The Labute approximate surface area is 117 Å². The third-order valence-electron chi connectivity index (χ3n) is 3.48. The van der Waals surface area contributed by atoms with Crippen molar-refractivity contribution >= 4 is 11.5 Å². The number of carbonyl (C=O) groups excluding carboxylic acids is 1. The molecule has 3 rings (SSSR count). The van der Waals surface area contributed by atoms with Crippen LogP contribution < -0.4 is 0 Å². The fourth-order valence-corrected chi connectivity index (χ4v) is 2.39. The van der Waals surface area contributed by atoms with Crippen LogP contribution in [0.25, 0.3) is 5.57 Å². The highest BCUT2D eigenvalue weighted by Gasteiger charge is 2.21. The zero-order valence-electron chi connectivity index (χ0n) is 11.4. The highest BCUT2D eigenvalue weighted by molar-refractivity contribution is 5.92. The second kappa shape index (κ2) is 5.33. The molecular weight excluding hydrogens is 252 g/mol. The Bertz CT molecular complexity index is 644. The van der Waals surface area contributed by atoms with Crippen LogP contribution in [0.4, 0.5) is 0 Å². The number of hydrogen-bond acceptors (Lipinski definition) is 3. The molecule has 1 amide bonds. The number of hydrogen-bond donors (Lipinski definition) is 0. The quantitative estimate of drug-likeness (QED) is 0.841. The van der Waals surface area contributed by atoms with Gasteiger partial charge in [0.15, 0.2) is 11.6 Å². The summed E-state index contributed by atoms with van der Waals surface area (Å²) in [5, 5.41) is 0. The molecule has 1 aliphatic heterocycles. The van der Waals surface area contributed by atoms with Gasteiger partial charge in [0.1, 0.15) is 6.26 Å². The summed E-state index contributed by atoms with van der Waals surface area (Å²) in [6, 6.07) is 10.3. The third-order valence-corrected chi connectivity index (χ3v) is 3.48. The molecule has 2 heterocycles. The first-order valence-corrected chi connectivity index (χ1v) is 6.70. The molecule has 0 unspecified atom stereocenters. The first kappa shape index (κ1) is 12.7. The summed E-state index contributed by atoms with van der Waals surface area (Å²) >= 11 is 0. The van der Waals surface area contributed by atoms with Crippen molar-refractivity contribution in [1.82, 2.24) is 9.88 Å². The third kappa shape index (κ3) is 2.50. The van der Waals surface area contributed by atoms with Gasteiger partial charge in [-0.2, -0.15) is 0 Å². The first-order valence-electron chi connectivity index (χ1n) is 6.70. The van der Waals surface area contributed by atoms with Crippen LogP contribution in [-0.4, -0.2) is 28.9 Å². The van der Waals surface area contributed by atoms with Crippen LogP contribution in [0.15, 0.2) is 47.1 Å². The summed E-state index contributed by atoms with van der Waals surface area (Å²) in [4.78, 5) is 18.1. The molecule has 0 atom stereocenters. The van der Waals surface area contributed by atoms with Gasteiger partial charge in [-0.15, -0.1) is 0 Å². The number of aryl methyl sites for hydroxylation is 1. The summed E-state index contributed by atoms with van der Waals surface area (Å²) < 4.78 is 5.09. The second-order valence-corrected chi connectivity index (χ2v) is 4.85. The van der Waals surface area contributed by atoms with Gasteiger partial charge < -0.3 is 9.32 Å². The van der Waals surface area contributed by atoms with Crippen molar-refractivity contribution in [1.29, 1.82) is 0 Å². The molecule has 1 aliphatic rings. The standard InChI is InChI=1S/C16H16N2O2/c1-12-17-15(11-20-12)16(19)18-9-7-14(8-10-18)13-5-3-2-4-6-13/h2-7,11H,8-10H2,1H3. The van der Waals surface area contributed by atoms with Crippen molar-refractivity contribution in [2.45, 2.75) is 13.3 Å². The van der Waals surface area contributed by atoms with Gasteiger partial charge in [-0.05, 0) is 17.6 Å². The fraction of sp³-hybridized carbons (Fsp3) is 0.250. The van der Waals surface area contributed by atoms with Crippen LogP contribution in [-0.2, 0) is 0 Å². The van der Waals surface area contributed by atoms with Crippen LogP contribution in [0.3, 0.4) is 0 Å². The van der Waals surface area contributed by atoms with Crippen molar-refractivity contribution in [3.63, 3.8) is 0 Å². The molecule has 2 aromatic rings.